The Balaban J connectivity index is 0.00000225. The first-order chi connectivity index (χ1) is 13.1. The van der Waals surface area contributed by atoms with Crippen LogP contribution in [0.2, 0.25) is 0 Å². The van der Waals surface area contributed by atoms with E-state index in [1.165, 1.54) is 16.7 Å². The van der Waals surface area contributed by atoms with Crippen LogP contribution in [0, 0.1) is 5.92 Å². The summed E-state index contributed by atoms with van der Waals surface area (Å²) in [5.41, 5.74) is 0.833. The Morgan fingerprint density at radius 1 is 1.29 bits per heavy atom. The minimum Gasteiger partial charge on any atom is -0.543 e. The maximum Gasteiger partial charge on any atom is 1.00 e. The molecule has 3 aliphatic heterocycles. The number of hydrogen-bond acceptors (Lipinski definition) is 6. The molecule has 0 spiro atoms. The van der Waals surface area contributed by atoms with Crippen molar-refractivity contribution in [2.24, 2.45) is 5.92 Å². The molecule has 0 saturated carbocycles. The summed E-state index contributed by atoms with van der Waals surface area (Å²) in [6, 6.07) is 9.48. The molecule has 142 valence electrons. The summed E-state index contributed by atoms with van der Waals surface area (Å²) in [6.45, 7) is 0.926. The summed E-state index contributed by atoms with van der Waals surface area (Å²) in [4.78, 5) is 38.6. The SMILES string of the molecule is O=C([O-])C1=C([C@H]2CCCO2)S[C@@H]2[C@@H](C(=O)NCc3ccccc3)CC(=O)N12.[Na+]. The van der Waals surface area contributed by atoms with Gasteiger partial charge in [-0.1, -0.05) is 42.1 Å². The van der Waals surface area contributed by atoms with Gasteiger partial charge in [-0.3, -0.25) is 14.5 Å². The molecule has 9 heteroatoms. The van der Waals surface area contributed by atoms with E-state index in [0.29, 0.717) is 24.5 Å². The molecule has 2 fully saturated rings. The van der Waals surface area contributed by atoms with Gasteiger partial charge in [-0.2, -0.15) is 0 Å². The average Bonchev–Trinajstić information content (AvgIpc) is 3.37. The van der Waals surface area contributed by atoms with Crippen LogP contribution in [-0.4, -0.2) is 40.8 Å². The number of ether oxygens (including phenoxy) is 1. The van der Waals surface area contributed by atoms with E-state index >= 15 is 0 Å². The van der Waals surface area contributed by atoms with Gasteiger partial charge >= 0.3 is 29.6 Å². The number of rotatable bonds is 5. The maximum absolute atomic E-state index is 12.7. The third kappa shape index (κ3) is 4.02. The van der Waals surface area contributed by atoms with Crippen molar-refractivity contribution in [3.63, 3.8) is 0 Å². The Morgan fingerprint density at radius 2 is 2.04 bits per heavy atom. The van der Waals surface area contributed by atoms with Gasteiger partial charge in [-0.05, 0) is 18.4 Å². The largest absolute Gasteiger partial charge is 1.00 e. The molecule has 1 N–H and O–H groups in total. The molecule has 1 aromatic carbocycles. The summed E-state index contributed by atoms with van der Waals surface area (Å²) in [7, 11) is 0. The molecule has 2 amide bonds. The number of carbonyl (C=O) groups is 3. The van der Waals surface area contributed by atoms with E-state index in [1.807, 2.05) is 30.3 Å². The molecule has 7 nitrogen and oxygen atoms in total. The molecule has 0 aliphatic carbocycles. The molecule has 3 atom stereocenters. The van der Waals surface area contributed by atoms with Crippen molar-refractivity contribution >= 4 is 29.5 Å². The Labute approximate surface area is 189 Å². The van der Waals surface area contributed by atoms with Crippen molar-refractivity contribution in [2.45, 2.75) is 37.3 Å². The summed E-state index contributed by atoms with van der Waals surface area (Å²) < 4.78 is 5.61. The minimum absolute atomic E-state index is 0. The first kappa shape index (κ1) is 21.4. The fourth-order valence-electron chi connectivity index (χ4n) is 3.75. The summed E-state index contributed by atoms with van der Waals surface area (Å²) in [5.74, 6) is -2.62. The Hall–Kier alpha value is -1.32. The van der Waals surface area contributed by atoms with Crippen LogP contribution in [0.5, 0.6) is 0 Å². The predicted molar refractivity (Wildman–Crippen MR) is 95.6 cm³/mol. The molecule has 3 aliphatic rings. The molecule has 1 aromatic rings. The van der Waals surface area contributed by atoms with Crippen molar-refractivity contribution in [1.82, 2.24) is 10.2 Å². The molecule has 0 aromatic heterocycles. The summed E-state index contributed by atoms with van der Waals surface area (Å²) >= 11 is 1.25. The van der Waals surface area contributed by atoms with Crippen molar-refractivity contribution in [3.8, 4) is 0 Å². The molecule has 28 heavy (non-hydrogen) atoms. The molecule has 2 saturated heterocycles. The Bertz CT molecular complexity index is 810. The second kappa shape index (κ2) is 9.00. The van der Waals surface area contributed by atoms with Gasteiger partial charge in [-0.15, -0.1) is 0 Å². The van der Waals surface area contributed by atoms with E-state index in [4.69, 9.17) is 4.74 Å². The molecule has 4 rings (SSSR count). The zero-order valence-electron chi connectivity index (χ0n) is 15.6. The van der Waals surface area contributed by atoms with Crippen LogP contribution < -0.4 is 40.0 Å². The third-order valence-electron chi connectivity index (χ3n) is 5.05. The van der Waals surface area contributed by atoms with E-state index < -0.39 is 17.3 Å². The standard InChI is InChI=1S/C19H20N2O5S.Na/c22-14-9-12(17(23)20-10-11-5-2-1-3-6-11)18-21(14)15(19(24)25)16(27-18)13-7-4-8-26-13;/h1-3,5-6,12-13,18H,4,7-10H2,(H,20,23)(H,24,25);/q;+1/p-1/t12-,13-,18-;/m1./s1. The molecule has 3 heterocycles. The number of benzene rings is 1. The van der Waals surface area contributed by atoms with Gasteiger partial charge < -0.3 is 20.0 Å². The number of aliphatic carboxylic acids is 1. The van der Waals surface area contributed by atoms with E-state index in [2.05, 4.69) is 5.32 Å². The average molecular weight is 410 g/mol. The quantitative estimate of drug-likeness (QED) is 0.534. The van der Waals surface area contributed by atoms with Gasteiger partial charge in [0.1, 0.15) is 0 Å². The fourth-order valence-corrected chi connectivity index (χ4v) is 5.35. The normalized spacial score (nSPS) is 26.2. The van der Waals surface area contributed by atoms with Gasteiger partial charge in [-0.25, -0.2) is 0 Å². The van der Waals surface area contributed by atoms with Crippen LogP contribution in [0.25, 0.3) is 0 Å². The number of hydrogen-bond donors (Lipinski definition) is 1. The van der Waals surface area contributed by atoms with Crippen molar-refractivity contribution in [3.05, 3.63) is 46.5 Å². The first-order valence-electron chi connectivity index (χ1n) is 8.93. The number of carboxylic acid groups (broad SMARTS) is 1. The van der Waals surface area contributed by atoms with Crippen LogP contribution in [0.4, 0.5) is 0 Å². The van der Waals surface area contributed by atoms with E-state index in [-0.39, 0.29) is 59.6 Å². The first-order valence-corrected chi connectivity index (χ1v) is 9.81. The maximum atomic E-state index is 12.7. The van der Waals surface area contributed by atoms with Crippen LogP contribution in [0.15, 0.2) is 40.9 Å². The number of carbonyl (C=O) groups excluding carboxylic acids is 3. The fraction of sp³-hybridized carbons (Fsp3) is 0.421. The van der Waals surface area contributed by atoms with Crippen LogP contribution in [-0.2, 0) is 25.7 Å². The molecular formula is C19H19N2NaO5S. The van der Waals surface area contributed by atoms with Crippen molar-refractivity contribution in [2.75, 3.05) is 6.61 Å². The summed E-state index contributed by atoms with van der Waals surface area (Å²) in [5, 5.41) is 14.0. The van der Waals surface area contributed by atoms with E-state index in [1.54, 1.807) is 0 Å². The smallest absolute Gasteiger partial charge is 0.543 e. The predicted octanol–water partition coefficient (Wildman–Crippen LogP) is -2.63. The van der Waals surface area contributed by atoms with E-state index in [0.717, 1.165) is 12.0 Å². The second-order valence-electron chi connectivity index (χ2n) is 6.79. The van der Waals surface area contributed by atoms with Gasteiger partial charge in [0.25, 0.3) is 0 Å². The molecule has 0 bridgehead atoms. The number of carboxylic acids is 1. The Kier molecular flexibility index (Phi) is 6.88. The van der Waals surface area contributed by atoms with Crippen LogP contribution in [0.1, 0.15) is 24.8 Å². The number of nitrogens with zero attached hydrogens (tertiary/aromatic N) is 1. The molecular weight excluding hydrogens is 391 g/mol. The zero-order valence-corrected chi connectivity index (χ0v) is 18.4. The molecule has 0 unspecified atom stereocenters. The topological polar surface area (TPSA) is 98.8 Å². The Morgan fingerprint density at radius 3 is 2.68 bits per heavy atom. The number of fused-ring (bicyclic) bond motifs is 1. The van der Waals surface area contributed by atoms with Crippen molar-refractivity contribution < 1.29 is 53.8 Å². The van der Waals surface area contributed by atoms with Gasteiger partial charge in [0.2, 0.25) is 11.8 Å². The van der Waals surface area contributed by atoms with Gasteiger partial charge in [0, 0.05) is 24.5 Å². The van der Waals surface area contributed by atoms with Crippen LogP contribution >= 0.6 is 11.8 Å². The third-order valence-corrected chi connectivity index (χ3v) is 6.54. The van der Waals surface area contributed by atoms with E-state index in [9.17, 15) is 19.5 Å². The minimum atomic E-state index is -1.39. The number of nitrogens with one attached hydrogen (secondary N) is 1. The molecule has 0 radical (unpaired) electrons. The second-order valence-corrected chi connectivity index (χ2v) is 7.95. The van der Waals surface area contributed by atoms with Gasteiger partial charge in [0.05, 0.1) is 29.1 Å². The monoisotopic (exact) mass is 410 g/mol. The van der Waals surface area contributed by atoms with Crippen LogP contribution in [0.3, 0.4) is 0 Å². The number of thioether (sulfide) groups is 1. The number of amides is 2. The van der Waals surface area contributed by atoms with Crippen molar-refractivity contribution in [1.29, 1.82) is 0 Å². The zero-order chi connectivity index (χ0) is 19.0. The summed E-state index contributed by atoms with van der Waals surface area (Å²) in [6.07, 6.45) is 1.20. The van der Waals surface area contributed by atoms with Gasteiger partial charge in [0.15, 0.2) is 0 Å².